The van der Waals surface area contributed by atoms with E-state index in [-0.39, 0.29) is 17.3 Å². The van der Waals surface area contributed by atoms with E-state index in [2.05, 4.69) is 35.8 Å². The third kappa shape index (κ3) is 4.96. The number of anilines is 1. The second-order valence-corrected chi connectivity index (χ2v) is 7.37. The van der Waals surface area contributed by atoms with E-state index in [0.717, 1.165) is 10.2 Å². The molecule has 12 nitrogen and oxygen atoms in total. The maximum atomic E-state index is 12.7. The first kappa shape index (κ1) is 22.7. The fraction of sp³-hybridized carbons (Fsp3) is 0.143. The predicted molar refractivity (Wildman–Crippen MR) is 122 cm³/mol. The number of rotatable bonds is 8. The minimum absolute atomic E-state index is 0.0343. The van der Waals surface area contributed by atoms with Crippen LogP contribution >= 0.6 is 11.6 Å². The molecule has 0 aliphatic carbocycles. The first-order valence-corrected chi connectivity index (χ1v) is 10.2. The average molecular weight is 483 g/mol. The van der Waals surface area contributed by atoms with Gasteiger partial charge in [0, 0.05) is 5.02 Å². The Morgan fingerprint density at radius 3 is 2.74 bits per heavy atom. The molecule has 3 N–H and O–H groups in total. The predicted octanol–water partition coefficient (Wildman–Crippen LogP) is 2.55. The Balaban J connectivity index is 1.43. The van der Waals surface area contributed by atoms with Crippen LogP contribution in [0, 0.1) is 6.92 Å². The summed E-state index contributed by atoms with van der Waals surface area (Å²) >= 11 is 5.91. The number of ether oxygens (including phenoxy) is 2. The van der Waals surface area contributed by atoms with E-state index in [9.17, 15) is 4.79 Å². The van der Waals surface area contributed by atoms with Crippen molar-refractivity contribution >= 4 is 29.5 Å². The molecule has 2 aromatic carbocycles. The minimum atomic E-state index is -0.573. The first-order valence-electron chi connectivity index (χ1n) is 9.85. The maximum absolute atomic E-state index is 12.7. The molecule has 2 aromatic heterocycles. The Bertz CT molecular complexity index is 1330. The fourth-order valence-corrected chi connectivity index (χ4v) is 3.07. The van der Waals surface area contributed by atoms with Crippen LogP contribution in [0.4, 0.5) is 5.82 Å². The molecule has 0 saturated carbocycles. The molecule has 0 saturated heterocycles. The zero-order valence-corrected chi connectivity index (χ0v) is 18.9. The van der Waals surface area contributed by atoms with E-state index in [4.69, 9.17) is 26.8 Å². The number of amides is 1. The molecule has 0 radical (unpaired) electrons. The topological polar surface area (TPSA) is 156 Å². The van der Waals surface area contributed by atoms with Gasteiger partial charge in [0.1, 0.15) is 6.61 Å². The van der Waals surface area contributed by atoms with Crippen LogP contribution in [-0.2, 0) is 6.61 Å². The van der Waals surface area contributed by atoms with Crippen molar-refractivity contribution in [3.05, 3.63) is 70.0 Å². The fourth-order valence-electron chi connectivity index (χ4n) is 2.95. The van der Waals surface area contributed by atoms with E-state index in [1.54, 1.807) is 37.3 Å². The monoisotopic (exact) mass is 482 g/mol. The number of nitrogens with one attached hydrogen (secondary N) is 1. The number of halogens is 1. The van der Waals surface area contributed by atoms with E-state index >= 15 is 0 Å². The summed E-state index contributed by atoms with van der Waals surface area (Å²) in [5, 5.41) is 19.5. The summed E-state index contributed by atoms with van der Waals surface area (Å²) in [5.41, 5.74) is 10.2. The second-order valence-electron chi connectivity index (χ2n) is 6.93. The van der Waals surface area contributed by atoms with Crippen molar-refractivity contribution < 1.29 is 18.9 Å². The van der Waals surface area contributed by atoms with E-state index in [0.29, 0.717) is 34.4 Å². The highest BCUT2D eigenvalue weighted by atomic mass is 35.5. The summed E-state index contributed by atoms with van der Waals surface area (Å²) in [6.45, 7) is 1.96. The molecule has 1 amide bonds. The van der Waals surface area contributed by atoms with Crippen molar-refractivity contribution in [1.29, 1.82) is 0 Å². The zero-order valence-electron chi connectivity index (χ0n) is 18.1. The van der Waals surface area contributed by atoms with Crippen molar-refractivity contribution in [2.75, 3.05) is 12.8 Å². The van der Waals surface area contributed by atoms with Gasteiger partial charge in [-0.05, 0) is 58.7 Å². The summed E-state index contributed by atoms with van der Waals surface area (Å²) < 4.78 is 16.9. The number of methoxy groups -OCH3 is 1. The quantitative estimate of drug-likeness (QED) is 0.284. The van der Waals surface area contributed by atoms with Crippen LogP contribution in [-0.4, -0.2) is 44.5 Å². The van der Waals surface area contributed by atoms with Gasteiger partial charge in [0.05, 0.1) is 19.0 Å². The van der Waals surface area contributed by atoms with Crippen molar-refractivity contribution in [2.24, 2.45) is 5.10 Å². The van der Waals surface area contributed by atoms with Crippen LogP contribution in [0.2, 0.25) is 5.02 Å². The number of hydrogen-bond acceptors (Lipinski definition) is 10. The highest BCUT2D eigenvalue weighted by molar-refractivity contribution is 6.30. The molecule has 0 aliphatic rings. The lowest BCUT2D eigenvalue weighted by Crippen LogP contribution is -2.22. The SMILES string of the molecule is COc1cc(C=NNC(=O)c2c(C)nnn2-c2nonc2N)ccc1OCc1ccc(Cl)cc1. The molecule has 13 heteroatoms. The van der Waals surface area contributed by atoms with Gasteiger partial charge >= 0.3 is 0 Å². The van der Waals surface area contributed by atoms with E-state index in [1.165, 1.54) is 13.3 Å². The van der Waals surface area contributed by atoms with Crippen LogP contribution in [0.25, 0.3) is 5.82 Å². The molecule has 4 rings (SSSR count). The normalized spacial score (nSPS) is 11.0. The number of aryl methyl sites for hydroxylation is 1. The van der Waals surface area contributed by atoms with Gasteiger partial charge in [-0.25, -0.2) is 10.1 Å². The van der Waals surface area contributed by atoms with Gasteiger partial charge in [-0.1, -0.05) is 28.9 Å². The number of carbonyl (C=O) groups excluding carboxylic acids is 1. The summed E-state index contributed by atoms with van der Waals surface area (Å²) in [7, 11) is 1.54. The molecule has 34 heavy (non-hydrogen) atoms. The number of aromatic nitrogens is 5. The molecule has 0 spiro atoms. The number of hydrogen-bond donors (Lipinski definition) is 2. The lowest BCUT2D eigenvalue weighted by atomic mass is 10.2. The van der Waals surface area contributed by atoms with Gasteiger partial charge in [0.25, 0.3) is 5.91 Å². The third-order valence-corrected chi connectivity index (χ3v) is 4.88. The van der Waals surface area contributed by atoms with Crippen molar-refractivity contribution in [1.82, 2.24) is 30.7 Å². The third-order valence-electron chi connectivity index (χ3n) is 4.62. The van der Waals surface area contributed by atoms with Crippen LogP contribution in [0.5, 0.6) is 11.5 Å². The van der Waals surface area contributed by atoms with Crippen molar-refractivity contribution in [3.8, 4) is 17.3 Å². The molecule has 0 fully saturated rings. The Morgan fingerprint density at radius 2 is 2.03 bits per heavy atom. The molecule has 0 aliphatic heterocycles. The minimum Gasteiger partial charge on any atom is -0.493 e. The van der Waals surface area contributed by atoms with Crippen molar-refractivity contribution in [2.45, 2.75) is 13.5 Å². The van der Waals surface area contributed by atoms with Crippen LogP contribution in [0.15, 0.2) is 52.2 Å². The van der Waals surface area contributed by atoms with E-state index < -0.39 is 5.91 Å². The van der Waals surface area contributed by atoms with Gasteiger partial charge in [-0.15, -0.1) is 5.10 Å². The maximum Gasteiger partial charge on any atom is 0.292 e. The first-order chi connectivity index (χ1) is 16.5. The molecule has 174 valence electrons. The lowest BCUT2D eigenvalue weighted by Gasteiger charge is -2.11. The Labute approximate surface area is 198 Å². The summed E-state index contributed by atoms with van der Waals surface area (Å²) in [6, 6.07) is 12.6. The van der Waals surface area contributed by atoms with Crippen LogP contribution in [0.1, 0.15) is 27.3 Å². The zero-order chi connectivity index (χ0) is 24.1. The standard InChI is InChI=1S/C21H19ClN8O4/c1-12-18(30(29-25-12)20-19(23)27-34-28-20)21(31)26-24-10-14-5-8-16(17(9-14)32-2)33-11-13-3-6-15(22)7-4-13/h3-10H,11H2,1-2H3,(H2,23,27)(H,26,31). The van der Waals surface area contributed by atoms with Crippen LogP contribution in [0.3, 0.4) is 0 Å². The lowest BCUT2D eigenvalue weighted by molar-refractivity contribution is 0.0946. The smallest absolute Gasteiger partial charge is 0.292 e. The van der Waals surface area contributed by atoms with Gasteiger partial charge in [-0.2, -0.15) is 9.78 Å². The van der Waals surface area contributed by atoms with Gasteiger partial charge in [0.2, 0.25) is 11.6 Å². The Hall–Kier alpha value is -4.45. The number of nitrogen functional groups attached to an aromatic ring is 1. The average Bonchev–Trinajstić information content (AvgIpc) is 3.43. The largest absolute Gasteiger partial charge is 0.493 e. The number of benzene rings is 2. The summed E-state index contributed by atoms with van der Waals surface area (Å²) in [5.74, 6) is 0.511. The van der Waals surface area contributed by atoms with E-state index in [1.807, 2.05) is 12.1 Å². The molecule has 0 bridgehead atoms. The molecule has 4 aromatic rings. The number of nitrogens with zero attached hydrogens (tertiary/aromatic N) is 6. The van der Waals surface area contributed by atoms with Crippen molar-refractivity contribution in [3.63, 3.8) is 0 Å². The number of nitrogens with two attached hydrogens (primary N) is 1. The number of carbonyl (C=O) groups is 1. The molecular formula is C21H19ClN8O4. The highest BCUT2D eigenvalue weighted by Crippen LogP contribution is 2.28. The van der Waals surface area contributed by atoms with Gasteiger partial charge in [0.15, 0.2) is 17.2 Å². The second kappa shape index (κ2) is 10.0. The molecule has 2 heterocycles. The summed E-state index contributed by atoms with van der Waals surface area (Å²) in [4.78, 5) is 12.7. The molecular weight excluding hydrogens is 464 g/mol. The Kier molecular flexibility index (Phi) is 6.69. The highest BCUT2D eigenvalue weighted by Gasteiger charge is 2.22. The number of hydrazone groups is 1. The summed E-state index contributed by atoms with van der Waals surface area (Å²) in [6.07, 6.45) is 1.46. The van der Waals surface area contributed by atoms with Gasteiger partial charge in [-0.3, -0.25) is 4.79 Å². The van der Waals surface area contributed by atoms with Gasteiger partial charge < -0.3 is 15.2 Å². The van der Waals surface area contributed by atoms with Crippen LogP contribution < -0.4 is 20.6 Å². The Morgan fingerprint density at radius 1 is 1.24 bits per heavy atom. The molecule has 0 unspecified atom stereocenters. The molecule has 0 atom stereocenters.